The number of fused-ring (bicyclic) bond motifs is 2. The molecule has 3 aromatic rings. The van der Waals surface area contributed by atoms with Crippen LogP contribution in [0.25, 0.3) is 17.0 Å². The maximum atomic E-state index is 11.5. The van der Waals surface area contributed by atoms with Crippen LogP contribution in [-0.4, -0.2) is 32.5 Å². The highest BCUT2D eigenvalue weighted by molar-refractivity contribution is 7.92. The van der Waals surface area contributed by atoms with Crippen LogP contribution in [0.4, 0.5) is 5.69 Å². The minimum absolute atomic E-state index is 0.455. The van der Waals surface area contributed by atoms with E-state index in [4.69, 9.17) is 15.1 Å². The minimum atomic E-state index is -3.37. The van der Waals surface area contributed by atoms with Crippen LogP contribution in [-0.2, 0) is 16.4 Å². The first-order chi connectivity index (χ1) is 13.9. The second-order valence-electron chi connectivity index (χ2n) is 7.03. The number of para-hydroxylation sites is 1. The summed E-state index contributed by atoms with van der Waals surface area (Å²) in [5, 5.41) is 9.34. The number of anilines is 1. The van der Waals surface area contributed by atoms with Crippen LogP contribution in [0.5, 0.6) is 5.75 Å². The fraction of sp³-hybridized carbons (Fsp3) is 0.182. The predicted molar refractivity (Wildman–Crippen MR) is 116 cm³/mol. The SMILES string of the molecule is COc1cc(NS(C)(=O)=O)ccc1Cc1c2c(nc3ccccc13)C(=N)CC=C2. The van der Waals surface area contributed by atoms with Gasteiger partial charge in [-0.15, -0.1) is 0 Å². The average molecular weight is 407 g/mol. The molecule has 1 aliphatic rings. The van der Waals surface area contributed by atoms with E-state index >= 15 is 0 Å². The number of rotatable bonds is 5. The molecule has 2 aromatic carbocycles. The molecule has 6 nitrogen and oxygen atoms in total. The monoisotopic (exact) mass is 407 g/mol. The first-order valence-corrected chi connectivity index (χ1v) is 11.1. The maximum absolute atomic E-state index is 11.5. The molecule has 0 amide bonds. The Kier molecular flexibility index (Phi) is 4.84. The number of allylic oxidation sites excluding steroid dienone is 1. The van der Waals surface area contributed by atoms with Crippen molar-refractivity contribution in [2.24, 2.45) is 0 Å². The van der Waals surface area contributed by atoms with E-state index in [2.05, 4.69) is 4.72 Å². The summed E-state index contributed by atoms with van der Waals surface area (Å²) in [5.41, 5.74) is 5.50. The van der Waals surface area contributed by atoms with E-state index in [9.17, 15) is 8.42 Å². The smallest absolute Gasteiger partial charge is 0.229 e. The Morgan fingerprint density at radius 3 is 2.76 bits per heavy atom. The Morgan fingerprint density at radius 2 is 2.00 bits per heavy atom. The number of methoxy groups -OCH3 is 1. The van der Waals surface area contributed by atoms with Crippen molar-refractivity contribution in [1.82, 2.24) is 4.98 Å². The van der Waals surface area contributed by atoms with E-state index in [0.717, 1.165) is 39.5 Å². The van der Waals surface area contributed by atoms with Crippen LogP contribution in [0.15, 0.2) is 48.5 Å². The molecule has 0 atom stereocenters. The molecule has 0 saturated heterocycles. The Hall–Kier alpha value is -3.19. The highest BCUT2D eigenvalue weighted by Crippen LogP contribution is 2.33. The lowest BCUT2D eigenvalue weighted by atomic mass is 9.90. The van der Waals surface area contributed by atoms with E-state index in [1.165, 1.54) is 0 Å². The standard InChI is InChI=1S/C22H21N3O3S/c1-28-21-13-15(25-29(2,26)27)11-10-14(21)12-18-16-6-3-4-9-20(16)24-22-17(18)7-5-8-19(22)23/h3-7,9-11,13,23,25H,8,12H2,1-2H3. The van der Waals surface area contributed by atoms with Gasteiger partial charge >= 0.3 is 0 Å². The number of hydrogen-bond donors (Lipinski definition) is 2. The zero-order valence-corrected chi connectivity index (χ0v) is 17.0. The number of nitrogens with one attached hydrogen (secondary N) is 2. The third-order valence-corrected chi connectivity index (χ3v) is 5.50. The van der Waals surface area contributed by atoms with Crippen LogP contribution in [0, 0.1) is 5.41 Å². The number of nitrogens with zero attached hydrogens (tertiary/aromatic N) is 1. The van der Waals surface area contributed by atoms with E-state index < -0.39 is 10.0 Å². The van der Waals surface area contributed by atoms with Gasteiger partial charge in [0.15, 0.2) is 0 Å². The lowest BCUT2D eigenvalue weighted by molar-refractivity contribution is 0.411. The number of sulfonamides is 1. The van der Waals surface area contributed by atoms with Gasteiger partial charge in [-0.2, -0.15) is 0 Å². The molecule has 2 N–H and O–H groups in total. The third kappa shape index (κ3) is 3.86. The number of ether oxygens (including phenoxy) is 1. The normalized spacial score (nSPS) is 13.4. The second-order valence-corrected chi connectivity index (χ2v) is 8.78. The van der Waals surface area contributed by atoms with Gasteiger partial charge in [0.1, 0.15) is 5.75 Å². The molecule has 1 aromatic heterocycles. The van der Waals surface area contributed by atoms with Gasteiger partial charge in [0, 0.05) is 29.9 Å². The van der Waals surface area contributed by atoms with Crippen LogP contribution in [0.1, 0.15) is 28.8 Å². The van der Waals surface area contributed by atoms with Gasteiger partial charge in [0.05, 0.1) is 36.0 Å². The van der Waals surface area contributed by atoms with Crippen molar-refractivity contribution in [1.29, 1.82) is 5.41 Å². The molecule has 148 valence electrons. The average Bonchev–Trinajstić information content (AvgIpc) is 2.68. The van der Waals surface area contributed by atoms with Crippen LogP contribution in [0.3, 0.4) is 0 Å². The summed E-state index contributed by atoms with van der Waals surface area (Å²) in [4.78, 5) is 4.71. The Labute approximate surface area is 169 Å². The summed E-state index contributed by atoms with van der Waals surface area (Å²) in [5.74, 6) is 0.600. The molecule has 29 heavy (non-hydrogen) atoms. The molecule has 0 bridgehead atoms. The van der Waals surface area contributed by atoms with Crippen molar-refractivity contribution >= 4 is 38.4 Å². The number of aromatic nitrogens is 1. The molecule has 0 radical (unpaired) electrons. The molecular formula is C22H21N3O3S. The van der Waals surface area contributed by atoms with Crippen LogP contribution in [0.2, 0.25) is 0 Å². The Bertz CT molecular complexity index is 1260. The summed E-state index contributed by atoms with van der Waals surface area (Å²) in [6, 6.07) is 13.2. The lowest BCUT2D eigenvalue weighted by Gasteiger charge is -2.19. The van der Waals surface area contributed by atoms with Gasteiger partial charge in [0.25, 0.3) is 0 Å². The topological polar surface area (TPSA) is 92.1 Å². The van der Waals surface area contributed by atoms with Crippen molar-refractivity contribution in [3.8, 4) is 5.75 Å². The Balaban J connectivity index is 1.85. The molecule has 4 rings (SSSR count). The summed E-state index contributed by atoms with van der Waals surface area (Å²) >= 11 is 0. The molecule has 7 heteroatoms. The van der Waals surface area contributed by atoms with Gasteiger partial charge < -0.3 is 10.1 Å². The summed E-state index contributed by atoms with van der Waals surface area (Å²) in [7, 11) is -1.80. The third-order valence-electron chi connectivity index (χ3n) is 4.89. The molecule has 0 saturated carbocycles. The van der Waals surface area contributed by atoms with Gasteiger partial charge in [-0.1, -0.05) is 36.4 Å². The summed E-state index contributed by atoms with van der Waals surface area (Å²) in [6.45, 7) is 0. The molecule has 0 unspecified atom stereocenters. The molecule has 0 spiro atoms. The van der Waals surface area contributed by atoms with Crippen molar-refractivity contribution in [2.45, 2.75) is 12.8 Å². The van der Waals surface area contributed by atoms with Crippen molar-refractivity contribution in [3.63, 3.8) is 0 Å². The number of hydrogen-bond acceptors (Lipinski definition) is 5. The fourth-order valence-corrected chi connectivity index (χ4v) is 4.20. The van der Waals surface area contributed by atoms with E-state index in [1.54, 1.807) is 19.2 Å². The van der Waals surface area contributed by atoms with Gasteiger partial charge in [-0.05, 0) is 23.3 Å². The van der Waals surface area contributed by atoms with Crippen molar-refractivity contribution < 1.29 is 13.2 Å². The summed E-state index contributed by atoms with van der Waals surface area (Å²) in [6.07, 6.45) is 6.29. The second kappa shape index (κ2) is 7.33. The zero-order valence-electron chi connectivity index (χ0n) is 16.2. The molecular weight excluding hydrogens is 386 g/mol. The predicted octanol–water partition coefficient (Wildman–Crippen LogP) is 3.99. The molecule has 0 fully saturated rings. The largest absolute Gasteiger partial charge is 0.496 e. The molecule has 0 aliphatic heterocycles. The van der Waals surface area contributed by atoms with E-state index in [1.807, 2.05) is 42.5 Å². The maximum Gasteiger partial charge on any atom is 0.229 e. The van der Waals surface area contributed by atoms with Crippen LogP contribution >= 0.6 is 0 Å². The highest BCUT2D eigenvalue weighted by atomic mass is 32.2. The van der Waals surface area contributed by atoms with Crippen molar-refractivity contribution in [3.05, 3.63) is 70.9 Å². The summed E-state index contributed by atoms with van der Waals surface area (Å²) < 4.78 is 31.1. The van der Waals surface area contributed by atoms with Gasteiger partial charge in [-0.3, -0.25) is 4.72 Å². The highest BCUT2D eigenvalue weighted by Gasteiger charge is 2.20. The van der Waals surface area contributed by atoms with Crippen molar-refractivity contribution in [2.75, 3.05) is 18.1 Å². The zero-order chi connectivity index (χ0) is 20.6. The first-order valence-electron chi connectivity index (χ1n) is 9.16. The lowest BCUT2D eigenvalue weighted by Crippen LogP contribution is -2.12. The Morgan fingerprint density at radius 1 is 1.21 bits per heavy atom. The molecule has 1 aliphatic carbocycles. The van der Waals surface area contributed by atoms with Crippen LogP contribution < -0.4 is 9.46 Å². The minimum Gasteiger partial charge on any atom is -0.496 e. The van der Waals surface area contributed by atoms with E-state index in [0.29, 0.717) is 30.0 Å². The van der Waals surface area contributed by atoms with Gasteiger partial charge in [-0.25, -0.2) is 13.4 Å². The van der Waals surface area contributed by atoms with Gasteiger partial charge in [0.2, 0.25) is 10.0 Å². The molecule has 1 heterocycles. The quantitative estimate of drug-likeness (QED) is 0.669. The van der Waals surface area contributed by atoms with E-state index in [-0.39, 0.29) is 0 Å². The first kappa shape index (κ1) is 19.1. The fourth-order valence-electron chi connectivity index (χ4n) is 3.64. The number of benzene rings is 2. The number of pyridine rings is 1.